The Bertz CT molecular complexity index is 1290. The van der Waals surface area contributed by atoms with E-state index in [9.17, 15) is 13.2 Å². The number of aryl methyl sites for hydroxylation is 1. The van der Waals surface area contributed by atoms with Gasteiger partial charge in [-0.1, -0.05) is 29.8 Å². The van der Waals surface area contributed by atoms with Gasteiger partial charge in [-0.3, -0.25) is 9.10 Å². The van der Waals surface area contributed by atoms with Gasteiger partial charge < -0.3 is 4.74 Å². The Morgan fingerprint density at radius 1 is 1.09 bits per heavy atom. The lowest BCUT2D eigenvalue weighted by Crippen LogP contribution is -2.31. The second-order valence-corrected chi connectivity index (χ2v) is 10.9. The summed E-state index contributed by atoms with van der Waals surface area (Å²) in [5.74, 6) is 2.38. The fourth-order valence-corrected chi connectivity index (χ4v) is 4.96. The fourth-order valence-electron chi connectivity index (χ4n) is 3.20. The summed E-state index contributed by atoms with van der Waals surface area (Å²) in [6, 6.07) is 20.5. The average molecular weight is 496 g/mol. The van der Waals surface area contributed by atoms with Gasteiger partial charge in [0.1, 0.15) is 11.9 Å². The number of hydrazone groups is 1. The number of rotatable bonds is 8. The molecule has 7 nitrogen and oxygen atoms in total. The highest BCUT2D eigenvalue weighted by Crippen LogP contribution is 2.24. The third kappa shape index (κ3) is 5.60. The number of nitrogens with zero attached hydrogens (tertiary/aromatic N) is 2. The summed E-state index contributed by atoms with van der Waals surface area (Å²) < 4.78 is 32.8. The number of thioether (sulfide) groups is 1. The summed E-state index contributed by atoms with van der Waals surface area (Å²) in [5.41, 5.74) is 5.09. The summed E-state index contributed by atoms with van der Waals surface area (Å²) in [6.45, 7) is 1.90. The minimum Gasteiger partial charge on any atom is -0.489 e. The topological polar surface area (TPSA) is 88.1 Å². The van der Waals surface area contributed by atoms with Crippen molar-refractivity contribution >= 4 is 39.6 Å². The van der Waals surface area contributed by atoms with E-state index >= 15 is 0 Å². The highest BCUT2D eigenvalue weighted by molar-refractivity contribution is 8.00. The molecule has 0 unspecified atom stereocenters. The van der Waals surface area contributed by atoms with Crippen molar-refractivity contribution in [1.29, 1.82) is 0 Å². The summed E-state index contributed by atoms with van der Waals surface area (Å²) in [6.07, 6.45) is 1.81. The third-order valence-corrected chi connectivity index (χ3v) is 8.34. The van der Waals surface area contributed by atoms with Gasteiger partial charge >= 0.3 is 0 Å². The van der Waals surface area contributed by atoms with Crippen molar-refractivity contribution < 1.29 is 17.9 Å². The molecular formula is C25H25N3O4S2. The van der Waals surface area contributed by atoms with E-state index < -0.39 is 15.9 Å². The first-order valence-corrected chi connectivity index (χ1v) is 13.3. The van der Waals surface area contributed by atoms with Crippen LogP contribution in [0.1, 0.15) is 21.5 Å². The van der Waals surface area contributed by atoms with Gasteiger partial charge in [-0.05, 0) is 61.0 Å². The van der Waals surface area contributed by atoms with Crippen LogP contribution in [0.15, 0.2) is 82.8 Å². The molecule has 1 heterocycles. The van der Waals surface area contributed by atoms with Crippen molar-refractivity contribution in [3.05, 3.63) is 89.5 Å². The SMILES string of the molecule is Cc1ccc(S(=O)(=O)N(C)c2ccc(C(=O)N/N=C\c3cccc(OC4CSC4)c3)cc2)cc1. The first kappa shape index (κ1) is 23.8. The van der Waals surface area contributed by atoms with Crippen LogP contribution in [0.4, 0.5) is 5.69 Å². The van der Waals surface area contributed by atoms with Crippen molar-refractivity contribution in [1.82, 2.24) is 5.43 Å². The monoisotopic (exact) mass is 495 g/mol. The molecule has 1 amide bonds. The number of amides is 1. The molecule has 34 heavy (non-hydrogen) atoms. The zero-order valence-corrected chi connectivity index (χ0v) is 20.5. The number of carbonyl (C=O) groups is 1. The van der Waals surface area contributed by atoms with Gasteiger partial charge in [0, 0.05) is 24.1 Å². The van der Waals surface area contributed by atoms with Crippen LogP contribution >= 0.6 is 11.8 Å². The predicted molar refractivity (Wildman–Crippen MR) is 136 cm³/mol. The highest BCUT2D eigenvalue weighted by atomic mass is 32.2. The Labute approximate surface area is 203 Å². The van der Waals surface area contributed by atoms with Crippen molar-refractivity contribution in [2.75, 3.05) is 22.9 Å². The van der Waals surface area contributed by atoms with E-state index in [1.54, 1.807) is 54.7 Å². The molecule has 0 aromatic heterocycles. The largest absolute Gasteiger partial charge is 0.489 e. The van der Waals surface area contributed by atoms with Gasteiger partial charge in [0.25, 0.3) is 15.9 Å². The zero-order chi connectivity index (χ0) is 24.1. The van der Waals surface area contributed by atoms with Gasteiger partial charge in [-0.2, -0.15) is 16.9 Å². The maximum Gasteiger partial charge on any atom is 0.271 e. The zero-order valence-electron chi connectivity index (χ0n) is 18.8. The fraction of sp³-hybridized carbons (Fsp3) is 0.200. The summed E-state index contributed by atoms with van der Waals surface area (Å²) >= 11 is 1.86. The lowest BCUT2D eigenvalue weighted by molar-refractivity contribution is 0.0955. The maximum atomic E-state index is 12.9. The Morgan fingerprint density at radius 2 is 1.79 bits per heavy atom. The molecule has 0 bridgehead atoms. The van der Waals surface area contributed by atoms with Crippen molar-refractivity contribution in [2.45, 2.75) is 17.9 Å². The quantitative estimate of drug-likeness (QED) is 0.376. The average Bonchev–Trinajstić information content (AvgIpc) is 2.81. The van der Waals surface area contributed by atoms with Crippen LogP contribution < -0.4 is 14.5 Å². The molecule has 1 fully saturated rings. The number of ether oxygens (including phenoxy) is 1. The molecular weight excluding hydrogens is 470 g/mol. The Hall–Kier alpha value is -3.30. The van der Waals surface area contributed by atoms with Gasteiger partial charge in [-0.25, -0.2) is 13.8 Å². The number of benzene rings is 3. The number of hydrogen-bond acceptors (Lipinski definition) is 6. The van der Waals surface area contributed by atoms with E-state index in [0.29, 0.717) is 11.3 Å². The van der Waals surface area contributed by atoms with E-state index in [4.69, 9.17) is 4.74 Å². The first-order chi connectivity index (χ1) is 16.3. The molecule has 9 heteroatoms. The number of hydrogen-bond donors (Lipinski definition) is 1. The van der Waals surface area contributed by atoms with Crippen LogP contribution in [0.2, 0.25) is 0 Å². The van der Waals surface area contributed by atoms with E-state index in [1.807, 2.05) is 43.0 Å². The van der Waals surface area contributed by atoms with Crippen LogP contribution in [0.3, 0.4) is 0 Å². The van der Waals surface area contributed by atoms with Gasteiger partial charge in [0.05, 0.1) is 16.8 Å². The Kier molecular flexibility index (Phi) is 7.23. The van der Waals surface area contributed by atoms with Crippen LogP contribution in [0.25, 0.3) is 0 Å². The third-order valence-electron chi connectivity index (χ3n) is 5.32. The van der Waals surface area contributed by atoms with Gasteiger partial charge in [0.2, 0.25) is 0 Å². The second-order valence-electron chi connectivity index (χ2n) is 7.88. The van der Waals surface area contributed by atoms with Crippen LogP contribution in [0, 0.1) is 6.92 Å². The molecule has 0 saturated carbocycles. The normalized spacial score (nSPS) is 13.9. The summed E-state index contributed by atoms with van der Waals surface area (Å²) in [5, 5.41) is 4.03. The maximum absolute atomic E-state index is 12.9. The lowest BCUT2D eigenvalue weighted by Gasteiger charge is -2.25. The number of carbonyl (C=O) groups excluding carboxylic acids is 1. The molecule has 0 spiro atoms. The molecule has 176 valence electrons. The lowest BCUT2D eigenvalue weighted by atomic mass is 10.2. The molecule has 1 N–H and O–H groups in total. The van der Waals surface area contributed by atoms with Crippen LogP contribution in [-0.4, -0.2) is 45.2 Å². The Balaban J connectivity index is 1.37. The molecule has 0 atom stereocenters. The van der Waals surface area contributed by atoms with E-state index in [-0.39, 0.29) is 11.0 Å². The molecule has 0 radical (unpaired) electrons. The molecule has 1 aliphatic rings. The summed E-state index contributed by atoms with van der Waals surface area (Å²) in [4.78, 5) is 12.6. The number of sulfonamides is 1. The van der Waals surface area contributed by atoms with Gasteiger partial charge in [0.15, 0.2) is 0 Å². The van der Waals surface area contributed by atoms with Gasteiger partial charge in [-0.15, -0.1) is 0 Å². The van der Waals surface area contributed by atoms with Crippen molar-refractivity contribution in [2.24, 2.45) is 5.10 Å². The molecule has 3 aromatic rings. The van der Waals surface area contributed by atoms with Crippen LogP contribution in [0.5, 0.6) is 5.75 Å². The number of anilines is 1. The summed E-state index contributed by atoms with van der Waals surface area (Å²) in [7, 11) is -2.22. The van der Waals surface area contributed by atoms with E-state index in [2.05, 4.69) is 10.5 Å². The minimum absolute atomic E-state index is 0.206. The standard InChI is InChI=1S/C25H25N3O4S2/c1-18-6-12-24(13-7-18)34(30,31)28(2)21-10-8-20(9-11-21)25(29)27-26-15-19-4-3-5-22(14-19)32-23-16-33-17-23/h3-15,23H,16-17H2,1-2H3,(H,27,29)/b26-15-. The van der Waals surface area contributed by atoms with E-state index in [1.165, 1.54) is 11.4 Å². The molecule has 0 aliphatic carbocycles. The molecule has 1 aliphatic heterocycles. The molecule has 4 rings (SSSR count). The second kappa shape index (κ2) is 10.3. The predicted octanol–water partition coefficient (Wildman–Crippen LogP) is 4.08. The van der Waals surface area contributed by atoms with Crippen molar-refractivity contribution in [3.63, 3.8) is 0 Å². The molecule has 1 saturated heterocycles. The highest BCUT2D eigenvalue weighted by Gasteiger charge is 2.21. The van der Waals surface area contributed by atoms with E-state index in [0.717, 1.165) is 28.4 Å². The first-order valence-electron chi connectivity index (χ1n) is 10.7. The minimum atomic E-state index is -3.70. The van der Waals surface area contributed by atoms with Crippen LogP contribution in [-0.2, 0) is 10.0 Å². The van der Waals surface area contributed by atoms with Crippen molar-refractivity contribution in [3.8, 4) is 5.75 Å². The number of nitrogens with one attached hydrogen (secondary N) is 1. The Morgan fingerprint density at radius 3 is 2.44 bits per heavy atom. The molecule has 3 aromatic carbocycles. The smallest absolute Gasteiger partial charge is 0.271 e.